The zero-order valence-corrected chi connectivity index (χ0v) is 11.7. The van der Waals surface area contributed by atoms with Crippen LogP contribution in [-0.2, 0) is 6.42 Å². The van der Waals surface area contributed by atoms with Crippen molar-refractivity contribution in [3.05, 3.63) is 34.4 Å². The maximum absolute atomic E-state index is 3.73. The maximum Gasteiger partial charge on any atom is 0.0219 e. The van der Waals surface area contributed by atoms with Crippen molar-refractivity contribution >= 4 is 0 Å². The minimum atomic E-state index is 0.368. The predicted octanol–water partition coefficient (Wildman–Crippen LogP) is 3.69. The van der Waals surface area contributed by atoms with Crippen LogP contribution < -0.4 is 5.32 Å². The van der Waals surface area contributed by atoms with Gasteiger partial charge in [0, 0.05) is 5.54 Å². The smallest absolute Gasteiger partial charge is 0.0219 e. The van der Waals surface area contributed by atoms with E-state index in [0.717, 1.165) is 0 Å². The fourth-order valence-corrected chi connectivity index (χ4v) is 3.02. The summed E-state index contributed by atoms with van der Waals surface area (Å²) in [5, 5.41) is 3.73. The Kier molecular flexibility index (Phi) is 3.58. The Bertz CT molecular complexity index is 400. The van der Waals surface area contributed by atoms with Crippen molar-refractivity contribution < 1.29 is 0 Å². The molecule has 0 radical (unpaired) electrons. The van der Waals surface area contributed by atoms with Gasteiger partial charge in [0.25, 0.3) is 0 Å². The highest BCUT2D eigenvalue weighted by atomic mass is 15.0. The molecule has 0 bridgehead atoms. The molecule has 1 saturated heterocycles. The summed E-state index contributed by atoms with van der Waals surface area (Å²) in [5.41, 5.74) is 6.19. The van der Waals surface area contributed by atoms with Gasteiger partial charge < -0.3 is 5.32 Å². The van der Waals surface area contributed by atoms with E-state index < -0.39 is 0 Å². The third kappa shape index (κ3) is 2.55. The number of hydrogen-bond donors (Lipinski definition) is 1. The topological polar surface area (TPSA) is 12.0 Å². The predicted molar refractivity (Wildman–Crippen MR) is 74.6 cm³/mol. The molecule has 1 aromatic rings. The van der Waals surface area contributed by atoms with Crippen molar-refractivity contribution in [1.82, 2.24) is 5.32 Å². The van der Waals surface area contributed by atoms with Gasteiger partial charge in [0.1, 0.15) is 0 Å². The molecule has 1 aliphatic heterocycles. The Morgan fingerprint density at radius 2 is 1.82 bits per heavy atom. The molecule has 1 fully saturated rings. The Morgan fingerprint density at radius 3 is 2.41 bits per heavy atom. The standard InChI is InChI=1S/C16H25N/c1-5-16(7-6-8-17-16)11-15-10-13(3)12(2)9-14(15)4/h9-10,17H,5-8,11H2,1-4H3. The van der Waals surface area contributed by atoms with E-state index >= 15 is 0 Å². The average Bonchev–Trinajstić information content (AvgIpc) is 2.75. The van der Waals surface area contributed by atoms with E-state index in [4.69, 9.17) is 0 Å². The summed E-state index contributed by atoms with van der Waals surface area (Å²) >= 11 is 0. The quantitative estimate of drug-likeness (QED) is 0.836. The third-order valence-corrected chi connectivity index (χ3v) is 4.49. The maximum atomic E-state index is 3.73. The highest BCUT2D eigenvalue weighted by Crippen LogP contribution is 2.29. The van der Waals surface area contributed by atoms with Crippen LogP contribution in [0.15, 0.2) is 12.1 Å². The van der Waals surface area contributed by atoms with Crippen molar-refractivity contribution in [3.63, 3.8) is 0 Å². The molecule has 0 amide bonds. The van der Waals surface area contributed by atoms with Crippen LogP contribution in [0.1, 0.15) is 48.4 Å². The molecule has 1 heterocycles. The summed E-state index contributed by atoms with van der Waals surface area (Å²) in [7, 11) is 0. The first-order valence-corrected chi connectivity index (χ1v) is 6.88. The second-order valence-electron chi connectivity index (χ2n) is 5.70. The molecule has 17 heavy (non-hydrogen) atoms. The molecule has 1 aromatic carbocycles. The molecular weight excluding hydrogens is 206 g/mol. The van der Waals surface area contributed by atoms with Gasteiger partial charge in [-0.3, -0.25) is 0 Å². The highest BCUT2D eigenvalue weighted by Gasteiger charge is 2.31. The van der Waals surface area contributed by atoms with E-state index in [9.17, 15) is 0 Å². The second-order valence-corrected chi connectivity index (χ2v) is 5.70. The Morgan fingerprint density at radius 1 is 1.12 bits per heavy atom. The third-order valence-electron chi connectivity index (χ3n) is 4.49. The SMILES string of the molecule is CCC1(Cc2cc(C)c(C)cc2C)CCCN1. The van der Waals surface area contributed by atoms with Gasteiger partial charge in [-0.05, 0) is 75.3 Å². The summed E-state index contributed by atoms with van der Waals surface area (Å²) in [6, 6.07) is 4.73. The first kappa shape index (κ1) is 12.6. The molecule has 0 saturated carbocycles. The zero-order valence-electron chi connectivity index (χ0n) is 11.7. The Balaban J connectivity index is 2.26. The molecule has 94 valence electrons. The largest absolute Gasteiger partial charge is 0.311 e. The van der Waals surface area contributed by atoms with Gasteiger partial charge in [0.15, 0.2) is 0 Å². The van der Waals surface area contributed by atoms with Crippen LogP contribution in [0.25, 0.3) is 0 Å². The van der Waals surface area contributed by atoms with Gasteiger partial charge in [-0.1, -0.05) is 19.1 Å². The molecule has 0 aliphatic carbocycles. The van der Waals surface area contributed by atoms with Crippen molar-refractivity contribution in [1.29, 1.82) is 0 Å². The number of nitrogens with one attached hydrogen (secondary N) is 1. The van der Waals surface area contributed by atoms with Gasteiger partial charge in [0.2, 0.25) is 0 Å². The van der Waals surface area contributed by atoms with Crippen LogP contribution in [0.2, 0.25) is 0 Å². The molecule has 1 aliphatic rings. The van der Waals surface area contributed by atoms with Crippen LogP contribution in [0.5, 0.6) is 0 Å². The average molecular weight is 231 g/mol. The van der Waals surface area contributed by atoms with Crippen LogP contribution >= 0.6 is 0 Å². The van der Waals surface area contributed by atoms with Crippen molar-refractivity contribution in [2.24, 2.45) is 0 Å². The minimum Gasteiger partial charge on any atom is -0.311 e. The number of aryl methyl sites for hydroxylation is 3. The van der Waals surface area contributed by atoms with Crippen LogP contribution in [0, 0.1) is 20.8 Å². The van der Waals surface area contributed by atoms with E-state index in [1.165, 1.54) is 54.5 Å². The molecule has 2 rings (SSSR count). The van der Waals surface area contributed by atoms with Crippen molar-refractivity contribution in [2.45, 2.75) is 58.9 Å². The fourth-order valence-electron chi connectivity index (χ4n) is 3.02. The summed E-state index contributed by atoms with van der Waals surface area (Å²) in [6.45, 7) is 10.2. The molecule has 1 heteroatoms. The van der Waals surface area contributed by atoms with Crippen molar-refractivity contribution in [2.75, 3.05) is 6.54 Å². The van der Waals surface area contributed by atoms with Gasteiger partial charge in [-0.2, -0.15) is 0 Å². The lowest BCUT2D eigenvalue weighted by Crippen LogP contribution is -2.41. The number of hydrogen-bond acceptors (Lipinski definition) is 1. The van der Waals surface area contributed by atoms with Gasteiger partial charge >= 0.3 is 0 Å². The van der Waals surface area contributed by atoms with E-state index in [2.05, 4.69) is 45.1 Å². The lowest BCUT2D eigenvalue weighted by Gasteiger charge is -2.29. The minimum absolute atomic E-state index is 0.368. The Hall–Kier alpha value is -0.820. The molecule has 0 aromatic heterocycles. The summed E-state index contributed by atoms with van der Waals surface area (Å²) in [6.07, 6.45) is 5.09. The lowest BCUT2D eigenvalue weighted by atomic mass is 9.84. The van der Waals surface area contributed by atoms with Gasteiger partial charge in [-0.25, -0.2) is 0 Å². The van der Waals surface area contributed by atoms with E-state index in [0.29, 0.717) is 5.54 Å². The molecule has 1 unspecified atom stereocenters. The zero-order chi connectivity index (χ0) is 12.5. The second kappa shape index (κ2) is 4.81. The summed E-state index contributed by atoms with van der Waals surface area (Å²) < 4.78 is 0. The fraction of sp³-hybridized carbons (Fsp3) is 0.625. The van der Waals surface area contributed by atoms with Gasteiger partial charge in [-0.15, -0.1) is 0 Å². The van der Waals surface area contributed by atoms with Gasteiger partial charge in [0.05, 0.1) is 0 Å². The number of rotatable bonds is 3. The van der Waals surface area contributed by atoms with Crippen LogP contribution in [0.3, 0.4) is 0 Å². The highest BCUT2D eigenvalue weighted by molar-refractivity contribution is 5.37. The lowest BCUT2D eigenvalue weighted by molar-refractivity contribution is 0.359. The summed E-state index contributed by atoms with van der Waals surface area (Å²) in [5.74, 6) is 0. The van der Waals surface area contributed by atoms with E-state index in [-0.39, 0.29) is 0 Å². The van der Waals surface area contributed by atoms with E-state index in [1.807, 2.05) is 0 Å². The Labute approximate surface area is 106 Å². The van der Waals surface area contributed by atoms with Crippen LogP contribution in [-0.4, -0.2) is 12.1 Å². The summed E-state index contributed by atoms with van der Waals surface area (Å²) in [4.78, 5) is 0. The monoisotopic (exact) mass is 231 g/mol. The van der Waals surface area contributed by atoms with Crippen molar-refractivity contribution in [3.8, 4) is 0 Å². The molecule has 1 atom stereocenters. The van der Waals surface area contributed by atoms with Crippen LogP contribution in [0.4, 0.5) is 0 Å². The number of benzene rings is 1. The molecular formula is C16H25N. The van der Waals surface area contributed by atoms with E-state index in [1.54, 1.807) is 0 Å². The molecule has 1 N–H and O–H groups in total. The first-order valence-electron chi connectivity index (χ1n) is 6.88. The molecule has 1 nitrogen and oxygen atoms in total. The first-order chi connectivity index (χ1) is 8.06. The normalized spacial score (nSPS) is 24.2. The molecule has 0 spiro atoms.